The van der Waals surface area contributed by atoms with Gasteiger partial charge in [0.25, 0.3) is 0 Å². The average molecular weight is 250 g/mol. The van der Waals surface area contributed by atoms with Crippen LogP contribution >= 0.6 is 11.3 Å². The van der Waals surface area contributed by atoms with Crippen LogP contribution in [-0.2, 0) is 17.8 Å². The van der Waals surface area contributed by atoms with Crippen LogP contribution in [0.25, 0.3) is 0 Å². The summed E-state index contributed by atoms with van der Waals surface area (Å²) in [6, 6.07) is 2.23. The molecule has 3 nitrogen and oxygen atoms in total. The van der Waals surface area contributed by atoms with Gasteiger partial charge in [0.05, 0.1) is 0 Å². The molecule has 0 aromatic carbocycles. The zero-order valence-corrected chi connectivity index (χ0v) is 10.7. The maximum absolute atomic E-state index is 12.1. The molecular formula is C13H18N2OS. The van der Waals surface area contributed by atoms with Crippen molar-refractivity contribution in [3.63, 3.8) is 0 Å². The highest BCUT2D eigenvalue weighted by atomic mass is 32.1. The van der Waals surface area contributed by atoms with Crippen molar-refractivity contribution in [2.75, 3.05) is 6.54 Å². The minimum atomic E-state index is 0.0892. The Hall–Kier alpha value is -0.870. The normalized spacial score (nSPS) is 21.1. The van der Waals surface area contributed by atoms with Gasteiger partial charge in [0.2, 0.25) is 5.91 Å². The van der Waals surface area contributed by atoms with E-state index in [0.29, 0.717) is 12.3 Å². The van der Waals surface area contributed by atoms with Crippen LogP contribution < -0.4 is 5.73 Å². The second kappa shape index (κ2) is 4.42. The van der Waals surface area contributed by atoms with Gasteiger partial charge in [-0.3, -0.25) is 4.79 Å². The summed E-state index contributed by atoms with van der Waals surface area (Å²) < 4.78 is 0. The number of hydrogen-bond donors (Lipinski definition) is 1. The third-order valence-electron chi connectivity index (χ3n) is 3.80. The molecule has 4 heteroatoms. The third kappa shape index (κ3) is 2.38. The van der Waals surface area contributed by atoms with Crippen molar-refractivity contribution >= 4 is 17.2 Å². The zero-order chi connectivity index (χ0) is 11.8. The molecule has 2 heterocycles. The van der Waals surface area contributed by atoms with E-state index in [-0.39, 0.29) is 11.9 Å². The fourth-order valence-corrected chi connectivity index (χ4v) is 3.37. The van der Waals surface area contributed by atoms with E-state index < -0.39 is 0 Å². The van der Waals surface area contributed by atoms with Crippen molar-refractivity contribution in [1.82, 2.24) is 4.90 Å². The predicted octanol–water partition coefficient (Wildman–Crippen LogP) is 1.76. The van der Waals surface area contributed by atoms with Gasteiger partial charge in [0.1, 0.15) is 0 Å². The summed E-state index contributed by atoms with van der Waals surface area (Å²) in [7, 11) is 0. The standard InChI is InChI=1S/C13H18N2OS/c14-11(9-1-2-9)7-13(16)15-5-3-12-10(8-15)4-6-17-12/h4,6,9,11H,1-3,5,7-8,14H2. The van der Waals surface area contributed by atoms with Gasteiger partial charge >= 0.3 is 0 Å². The van der Waals surface area contributed by atoms with Gasteiger partial charge < -0.3 is 10.6 Å². The van der Waals surface area contributed by atoms with Gasteiger partial charge in [0.15, 0.2) is 0 Å². The fourth-order valence-electron chi connectivity index (χ4n) is 2.48. The molecule has 0 radical (unpaired) electrons. The zero-order valence-electron chi connectivity index (χ0n) is 9.89. The molecule has 17 heavy (non-hydrogen) atoms. The lowest BCUT2D eigenvalue weighted by Crippen LogP contribution is -2.39. The number of carbonyl (C=O) groups is 1. The Morgan fingerprint density at radius 1 is 1.59 bits per heavy atom. The van der Waals surface area contributed by atoms with Gasteiger partial charge in [-0.2, -0.15) is 0 Å². The molecule has 2 N–H and O–H groups in total. The fraction of sp³-hybridized carbons (Fsp3) is 0.615. The van der Waals surface area contributed by atoms with E-state index in [1.54, 1.807) is 11.3 Å². The van der Waals surface area contributed by atoms with E-state index in [1.807, 2.05) is 4.90 Å². The highest BCUT2D eigenvalue weighted by Gasteiger charge is 2.31. The van der Waals surface area contributed by atoms with Crippen molar-refractivity contribution in [2.45, 2.75) is 38.3 Å². The molecule has 1 saturated carbocycles. The summed E-state index contributed by atoms with van der Waals surface area (Å²) in [5, 5.41) is 2.12. The summed E-state index contributed by atoms with van der Waals surface area (Å²) >= 11 is 1.81. The van der Waals surface area contributed by atoms with E-state index in [0.717, 1.165) is 19.5 Å². The first kappa shape index (κ1) is 11.2. The Morgan fingerprint density at radius 3 is 3.18 bits per heavy atom. The topological polar surface area (TPSA) is 46.3 Å². The number of nitrogens with zero attached hydrogens (tertiary/aromatic N) is 1. The Morgan fingerprint density at radius 2 is 2.41 bits per heavy atom. The summed E-state index contributed by atoms with van der Waals surface area (Å²) in [5.41, 5.74) is 7.34. The van der Waals surface area contributed by atoms with E-state index >= 15 is 0 Å². The lowest BCUT2D eigenvalue weighted by Gasteiger charge is -2.28. The van der Waals surface area contributed by atoms with Crippen molar-refractivity contribution in [1.29, 1.82) is 0 Å². The van der Waals surface area contributed by atoms with Crippen LogP contribution in [0.2, 0.25) is 0 Å². The van der Waals surface area contributed by atoms with Gasteiger partial charge in [-0.25, -0.2) is 0 Å². The summed E-state index contributed by atoms with van der Waals surface area (Å²) in [6.45, 7) is 1.65. The molecule has 1 aromatic heterocycles. The van der Waals surface area contributed by atoms with Crippen molar-refractivity contribution < 1.29 is 4.79 Å². The van der Waals surface area contributed by atoms with Gasteiger partial charge in [0, 0.05) is 30.4 Å². The molecule has 2 aliphatic rings. The number of hydrogen-bond acceptors (Lipinski definition) is 3. The molecule has 0 spiro atoms. The average Bonchev–Trinajstić information content (AvgIpc) is 3.07. The molecule has 1 aliphatic heterocycles. The lowest BCUT2D eigenvalue weighted by molar-refractivity contribution is -0.132. The highest BCUT2D eigenvalue weighted by Crippen LogP contribution is 2.33. The first-order valence-corrected chi connectivity index (χ1v) is 7.20. The minimum absolute atomic E-state index is 0.0892. The Bertz CT molecular complexity index is 425. The first-order valence-electron chi connectivity index (χ1n) is 6.32. The van der Waals surface area contributed by atoms with Crippen molar-refractivity contribution in [3.05, 3.63) is 21.9 Å². The first-order chi connectivity index (χ1) is 8.24. The number of carbonyl (C=O) groups excluding carboxylic acids is 1. The number of thiophene rings is 1. The Balaban J connectivity index is 1.60. The molecular weight excluding hydrogens is 232 g/mol. The van der Waals surface area contributed by atoms with Crippen LogP contribution in [0.3, 0.4) is 0 Å². The Labute approximate surface area is 106 Å². The van der Waals surface area contributed by atoms with Crippen LogP contribution in [0.15, 0.2) is 11.4 Å². The van der Waals surface area contributed by atoms with Crippen LogP contribution in [0.5, 0.6) is 0 Å². The molecule has 1 fully saturated rings. The van der Waals surface area contributed by atoms with Gasteiger partial charge in [-0.1, -0.05) is 0 Å². The smallest absolute Gasteiger partial charge is 0.224 e. The highest BCUT2D eigenvalue weighted by molar-refractivity contribution is 7.10. The maximum atomic E-state index is 12.1. The third-order valence-corrected chi connectivity index (χ3v) is 4.82. The van der Waals surface area contributed by atoms with Gasteiger partial charge in [-0.05, 0) is 42.2 Å². The van der Waals surface area contributed by atoms with Crippen LogP contribution in [0.4, 0.5) is 0 Å². The van der Waals surface area contributed by atoms with E-state index in [9.17, 15) is 4.79 Å². The molecule has 1 aliphatic carbocycles. The molecule has 1 aromatic rings. The molecule has 1 amide bonds. The largest absolute Gasteiger partial charge is 0.338 e. The molecule has 0 bridgehead atoms. The molecule has 1 atom stereocenters. The lowest BCUT2D eigenvalue weighted by atomic mass is 10.1. The van der Waals surface area contributed by atoms with Crippen LogP contribution in [-0.4, -0.2) is 23.4 Å². The molecule has 3 rings (SSSR count). The minimum Gasteiger partial charge on any atom is -0.338 e. The summed E-state index contributed by atoms with van der Waals surface area (Å²) in [5.74, 6) is 0.849. The second-order valence-corrected chi connectivity index (χ2v) is 6.14. The maximum Gasteiger partial charge on any atom is 0.224 e. The van der Waals surface area contributed by atoms with Crippen molar-refractivity contribution in [2.24, 2.45) is 11.7 Å². The van der Waals surface area contributed by atoms with Crippen molar-refractivity contribution in [3.8, 4) is 0 Å². The quantitative estimate of drug-likeness (QED) is 0.888. The number of rotatable bonds is 3. The molecule has 0 saturated heterocycles. The number of nitrogens with two attached hydrogens (primary N) is 1. The number of fused-ring (bicyclic) bond motifs is 1. The molecule has 92 valence electrons. The SMILES string of the molecule is NC(CC(=O)N1CCc2sccc2C1)C1CC1. The second-order valence-electron chi connectivity index (χ2n) is 5.14. The summed E-state index contributed by atoms with van der Waals surface area (Å²) in [6.07, 6.45) is 3.97. The van der Waals surface area contributed by atoms with Gasteiger partial charge in [-0.15, -0.1) is 11.3 Å². The van der Waals surface area contributed by atoms with E-state index in [1.165, 1.54) is 23.3 Å². The Kier molecular flexibility index (Phi) is 2.92. The van der Waals surface area contributed by atoms with E-state index in [2.05, 4.69) is 11.4 Å². The van der Waals surface area contributed by atoms with Crippen LogP contribution in [0.1, 0.15) is 29.7 Å². The molecule has 1 unspecified atom stereocenters. The van der Waals surface area contributed by atoms with E-state index in [4.69, 9.17) is 5.73 Å². The summed E-state index contributed by atoms with van der Waals surface area (Å²) in [4.78, 5) is 15.5. The van der Waals surface area contributed by atoms with Crippen LogP contribution in [0, 0.1) is 5.92 Å². The number of amides is 1. The predicted molar refractivity (Wildman–Crippen MR) is 68.8 cm³/mol. The monoisotopic (exact) mass is 250 g/mol.